The molecule has 5 rings (SSSR count). The van der Waals surface area contributed by atoms with Gasteiger partial charge in [0.15, 0.2) is 11.2 Å². The molecule has 0 saturated carbocycles. The first kappa shape index (κ1) is 23.3. The molecule has 0 unspecified atom stereocenters. The van der Waals surface area contributed by atoms with Gasteiger partial charge in [0.1, 0.15) is 17.0 Å². The predicted molar refractivity (Wildman–Crippen MR) is 134 cm³/mol. The first-order valence-corrected chi connectivity index (χ1v) is 11.7. The van der Waals surface area contributed by atoms with Gasteiger partial charge in [0.05, 0.1) is 18.5 Å². The van der Waals surface area contributed by atoms with Crippen molar-refractivity contribution >= 4 is 22.6 Å². The minimum absolute atomic E-state index is 0.0224. The summed E-state index contributed by atoms with van der Waals surface area (Å²) in [7, 11) is 0. The number of halogens is 2. The molecule has 1 saturated heterocycles. The number of aliphatic hydroxyl groups is 1. The van der Waals surface area contributed by atoms with E-state index in [0.717, 1.165) is 24.9 Å². The first-order valence-electron chi connectivity index (χ1n) is 11.4. The molecule has 0 amide bonds. The van der Waals surface area contributed by atoms with Gasteiger partial charge in [-0.1, -0.05) is 29.7 Å². The second-order valence-electron chi connectivity index (χ2n) is 8.55. The highest BCUT2D eigenvalue weighted by Crippen LogP contribution is 2.23. The standard InChI is InChI=1S/C28H22ClFN2O3/c29-21-7-5-19(6-8-21)20-13-25(30)26(31-15-20)9-3-18-4-10-28-24(12-18)27(34)14-23(35-28)16-32-11-1-2-22(32)17-33/h4-8,10,12-15,22,33H,1-2,11,16-17H2/t22-/m0/s1. The lowest BCUT2D eigenvalue weighted by Gasteiger charge is -2.21. The van der Waals surface area contributed by atoms with E-state index in [-0.39, 0.29) is 23.8 Å². The molecular formula is C28H22ClFN2O3. The van der Waals surface area contributed by atoms with Crippen molar-refractivity contribution in [3.63, 3.8) is 0 Å². The van der Waals surface area contributed by atoms with Gasteiger partial charge < -0.3 is 9.52 Å². The number of rotatable bonds is 4. The monoisotopic (exact) mass is 488 g/mol. The van der Waals surface area contributed by atoms with Gasteiger partial charge in [0.25, 0.3) is 0 Å². The summed E-state index contributed by atoms with van der Waals surface area (Å²) in [6.45, 7) is 1.45. The van der Waals surface area contributed by atoms with E-state index >= 15 is 0 Å². The lowest BCUT2D eigenvalue weighted by atomic mass is 10.1. The van der Waals surface area contributed by atoms with Gasteiger partial charge in [0, 0.05) is 34.5 Å². The molecule has 7 heteroatoms. The molecule has 5 nitrogen and oxygen atoms in total. The van der Waals surface area contributed by atoms with Crippen LogP contribution in [0.25, 0.3) is 22.1 Å². The van der Waals surface area contributed by atoms with E-state index in [1.54, 1.807) is 48.7 Å². The van der Waals surface area contributed by atoms with Gasteiger partial charge in [0.2, 0.25) is 0 Å². The summed E-state index contributed by atoms with van der Waals surface area (Å²) < 4.78 is 20.6. The number of hydrogen-bond acceptors (Lipinski definition) is 5. The molecule has 0 spiro atoms. The van der Waals surface area contributed by atoms with Gasteiger partial charge in [-0.05, 0) is 67.3 Å². The maximum Gasteiger partial charge on any atom is 0.193 e. The van der Waals surface area contributed by atoms with Crippen molar-refractivity contribution in [2.24, 2.45) is 0 Å². The summed E-state index contributed by atoms with van der Waals surface area (Å²) in [6.07, 6.45) is 3.52. The molecule has 2 aromatic heterocycles. The van der Waals surface area contributed by atoms with Crippen LogP contribution in [0.2, 0.25) is 5.02 Å². The smallest absolute Gasteiger partial charge is 0.193 e. The fourth-order valence-corrected chi connectivity index (χ4v) is 4.46. The SMILES string of the molecule is O=c1cc(CN2CCC[C@H]2CO)oc2ccc(C#Cc3ncc(-c4ccc(Cl)cc4)cc3F)cc12. The van der Waals surface area contributed by atoms with E-state index in [1.807, 2.05) is 0 Å². The zero-order valence-corrected chi connectivity index (χ0v) is 19.6. The van der Waals surface area contributed by atoms with Crippen LogP contribution in [-0.4, -0.2) is 34.2 Å². The van der Waals surface area contributed by atoms with Gasteiger partial charge in [-0.2, -0.15) is 0 Å². The maximum atomic E-state index is 14.6. The summed E-state index contributed by atoms with van der Waals surface area (Å²) in [5, 5.41) is 10.5. The Bertz CT molecular complexity index is 1510. The third kappa shape index (κ3) is 5.13. The number of hydrogen-bond donors (Lipinski definition) is 1. The fraction of sp³-hybridized carbons (Fsp3) is 0.214. The molecule has 0 radical (unpaired) electrons. The normalized spacial score (nSPS) is 15.8. The van der Waals surface area contributed by atoms with Crippen molar-refractivity contribution in [1.29, 1.82) is 0 Å². The van der Waals surface area contributed by atoms with Crippen LogP contribution in [0.3, 0.4) is 0 Å². The molecule has 1 fully saturated rings. The average Bonchev–Trinajstić information content (AvgIpc) is 3.31. The summed E-state index contributed by atoms with van der Waals surface area (Å²) in [6, 6.07) is 15.1. The van der Waals surface area contributed by atoms with Crippen molar-refractivity contribution in [3.05, 3.63) is 98.9 Å². The zero-order valence-electron chi connectivity index (χ0n) is 18.8. The lowest BCUT2D eigenvalue weighted by molar-refractivity contribution is 0.146. The Morgan fingerprint density at radius 3 is 2.71 bits per heavy atom. The van der Waals surface area contributed by atoms with Crippen molar-refractivity contribution in [1.82, 2.24) is 9.88 Å². The molecule has 2 aromatic carbocycles. The molecule has 1 N–H and O–H groups in total. The predicted octanol–water partition coefficient (Wildman–Crippen LogP) is 5.00. The van der Waals surface area contributed by atoms with Crippen LogP contribution < -0.4 is 5.43 Å². The van der Waals surface area contributed by atoms with Gasteiger partial charge in [-0.15, -0.1) is 0 Å². The number of aromatic nitrogens is 1. The molecule has 1 aliphatic rings. The van der Waals surface area contributed by atoms with Crippen LogP contribution in [-0.2, 0) is 6.54 Å². The van der Waals surface area contributed by atoms with Crippen molar-refractivity contribution in [3.8, 4) is 23.0 Å². The van der Waals surface area contributed by atoms with Crippen molar-refractivity contribution in [2.45, 2.75) is 25.4 Å². The molecule has 176 valence electrons. The van der Waals surface area contributed by atoms with E-state index < -0.39 is 5.82 Å². The first-order chi connectivity index (χ1) is 17.0. The Hall–Kier alpha value is -3.50. The Balaban J connectivity index is 1.38. The van der Waals surface area contributed by atoms with Crippen LogP contribution >= 0.6 is 11.6 Å². The Labute approximate surface area is 206 Å². The van der Waals surface area contributed by atoms with Gasteiger partial charge >= 0.3 is 0 Å². The number of pyridine rings is 1. The third-order valence-electron chi connectivity index (χ3n) is 6.19. The number of benzene rings is 2. The largest absolute Gasteiger partial charge is 0.459 e. The summed E-state index contributed by atoms with van der Waals surface area (Å²) >= 11 is 5.91. The molecule has 35 heavy (non-hydrogen) atoms. The second-order valence-corrected chi connectivity index (χ2v) is 8.98. The van der Waals surface area contributed by atoms with Crippen LogP contribution in [0.15, 0.2) is 70.0 Å². The number of aliphatic hydroxyl groups excluding tert-OH is 1. The average molecular weight is 489 g/mol. The Morgan fingerprint density at radius 1 is 1.11 bits per heavy atom. The zero-order chi connectivity index (χ0) is 24.4. The second kappa shape index (κ2) is 10.0. The highest BCUT2D eigenvalue weighted by molar-refractivity contribution is 6.30. The highest BCUT2D eigenvalue weighted by atomic mass is 35.5. The van der Waals surface area contributed by atoms with E-state index in [4.69, 9.17) is 16.0 Å². The van der Waals surface area contributed by atoms with E-state index in [1.165, 1.54) is 12.1 Å². The Kier molecular flexibility index (Phi) is 6.65. The number of fused-ring (bicyclic) bond motifs is 1. The minimum atomic E-state index is -0.530. The number of likely N-dealkylation sites (tertiary alicyclic amines) is 1. The molecule has 0 aliphatic carbocycles. The minimum Gasteiger partial charge on any atom is -0.459 e. The van der Waals surface area contributed by atoms with Crippen LogP contribution in [0, 0.1) is 17.7 Å². The van der Waals surface area contributed by atoms with E-state index in [2.05, 4.69) is 21.7 Å². The third-order valence-corrected chi connectivity index (χ3v) is 6.44. The van der Waals surface area contributed by atoms with Crippen LogP contribution in [0.5, 0.6) is 0 Å². The van der Waals surface area contributed by atoms with E-state index in [0.29, 0.717) is 39.4 Å². The van der Waals surface area contributed by atoms with Crippen LogP contribution in [0.4, 0.5) is 4.39 Å². The van der Waals surface area contributed by atoms with Gasteiger partial charge in [-0.3, -0.25) is 9.69 Å². The number of nitrogens with zero attached hydrogens (tertiary/aromatic N) is 2. The van der Waals surface area contributed by atoms with E-state index in [9.17, 15) is 14.3 Å². The molecule has 1 atom stereocenters. The molecule has 0 bridgehead atoms. The lowest BCUT2D eigenvalue weighted by Crippen LogP contribution is -2.31. The quantitative estimate of drug-likeness (QED) is 0.409. The summed E-state index contributed by atoms with van der Waals surface area (Å²) in [5.74, 6) is 5.67. The highest BCUT2D eigenvalue weighted by Gasteiger charge is 2.24. The molecular weight excluding hydrogens is 467 g/mol. The molecule has 3 heterocycles. The molecule has 1 aliphatic heterocycles. The topological polar surface area (TPSA) is 66.6 Å². The molecule has 4 aromatic rings. The summed E-state index contributed by atoms with van der Waals surface area (Å²) in [5.41, 5.74) is 2.31. The Morgan fingerprint density at radius 2 is 1.94 bits per heavy atom. The summed E-state index contributed by atoms with van der Waals surface area (Å²) in [4.78, 5) is 19.0. The van der Waals surface area contributed by atoms with Crippen molar-refractivity contribution in [2.75, 3.05) is 13.2 Å². The fourth-order valence-electron chi connectivity index (χ4n) is 4.33. The van der Waals surface area contributed by atoms with Crippen molar-refractivity contribution < 1.29 is 13.9 Å². The van der Waals surface area contributed by atoms with Gasteiger partial charge in [-0.25, -0.2) is 9.37 Å². The van der Waals surface area contributed by atoms with Crippen LogP contribution in [0.1, 0.15) is 29.9 Å². The maximum absolute atomic E-state index is 14.6.